The molecule has 0 radical (unpaired) electrons. The van der Waals surface area contributed by atoms with E-state index >= 15 is 0 Å². The maximum absolute atomic E-state index is 6.52. The van der Waals surface area contributed by atoms with E-state index in [9.17, 15) is 0 Å². The molecule has 16 heavy (non-hydrogen) atoms. The molecule has 0 aromatic rings. The molecule has 0 spiro atoms. The van der Waals surface area contributed by atoms with Crippen LogP contribution in [0, 0.1) is 17.3 Å². The van der Waals surface area contributed by atoms with Gasteiger partial charge in [0.1, 0.15) is 0 Å². The Labute approximate surface area is 99.9 Å². The third-order valence-electron chi connectivity index (χ3n) is 4.79. The Morgan fingerprint density at radius 1 is 1.19 bits per heavy atom. The van der Waals surface area contributed by atoms with E-state index in [4.69, 9.17) is 10.5 Å². The van der Waals surface area contributed by atoms with Crippen LogP contribution in [0.25, 0.3) is 0 Å². The van der Waals surface area contributed by atoms with Gasteiger partial charge in [-0.2, -0.15) is 0 Å². The Balaban J connectivity index is 1.98. The zero-order valence-corrected chi connectivity index (χ0v) is 10.9. The highest BCUT2D eigenvalue weighted by molar-refractivity contribution is 4.92. The number of hydrogen-bond acceptors (Lipinski definition) is 2. The summed E-state index contributed by atoms with van der Waals surface area (Å²) in [6.07, 6.45) is 7.90. The van der Waals surface area contributed by atoms with E-state index in [1.807, 2.05) is 0 Å². The highest BCUT2D eigenvalue weighted by Crippen LogP contribution is 2.43. The fourth-order valence-corrected chi connectivity index (χ4v) is 3.63. The summed E-state index contributed by atoms with van der Waals surface area (Å²) in [5.41, 5.74) is 6.96. The van der Waals surface area contributed by atoms with E-state index in [2.05, 4.69) is 13.8 Å². The maximum Gasteiger partial charge on any atom is 0.0509 e. The molecule has 1 saturated heterocycles. The Morgan fingerprint density at radius 2 is 2.00 bits per heavy atom. The molecule has 0 aromatic heterocycles. The van der Waals surface area contributed by atoms with Crippen molar-refractivity contribution in [3.05, 3.63) is 0 Å². The van der Waals surface area contributed by atoms with Gasteiger partial charge < -0.3 is 10.5 Å². The summed E-state index contributed by atoms with van der Waals surface area (Å²) in [4.78, 5) is 0. The summed E-state index contributed by atoms with van der Waals surface area (Å²) in [6.45, 7) is 6.64. The van der Waals surface area contributed by atoms with E-state index in [-0.39, 0.29) is 0 Å². The van der Waals surface area contributed by atoms with Gasteiger partial charge in [0.2, 0.25) is 0 Å². The van der Waals surface area contributed by atoms with Gasteiger partial charge in [-0.05, 0) is 42.9 Å². The SMILES string of the molecule is CC1(C)CCCCC1C(N)C1CCCOC1. The lowest BCUT2D eigenvalue weighted by Gasteiger charge is -2.45. The molecule has 1 aliphatic heterocycles. The first kappa shape index (κ1) is 12.4. The highest BCUT2D eigenvalue weighted by Gasteiger charge is 2.39. The molecule has 1 aliphatic carbocycles. The zero-order chi connectivity index (χ0) is 11.6. The molecule has 3 unspecified atom stereocenters. The topological polar surface area (TPSA) is 35.2 Å². The second-order valence-corrected chi connectivity index (χ2v) is 6.40. The molecular weight excluding hydrogens is 198 g/mol. The van der Waals surface area contributed by atoms with Crippen LogP contribution >= 0.6 is 0 Å². The van der Waals surface area contributed by atoms with Crippen LogP contribution in [0.1, 0.15) is 52.4 Å². The molecule has 2 heteroatoms. The Morgan fingerprint density at radius 3 is 2.62 bits per heavy atom. The molecule has 2 fully saturated rings. The molecule has 3 atom stereocenters. The Bertz CT molecular complexity index is 221. The van der Waals surface area contributed by atoms with Gasteiger partial charge >= 0.3 is 0 Å². The molecule has 0 aromatic carbocycles. The van der Waals surface area contributed by atoms with Crippen molar-refractivity contribution in [1.82, 2.24) is 0 Å². The minimum absolute atomic E-state index is 0.357. The fourth-order valence-electron chi connectivity index (χ4n) is 3.63. The quantitative estimate of drug-likeness (QED) is 0.784. The molecule has 94 valence electrons. The summed E-state index contributed by atoms with van der Waals surface area (Å²) in [7, 11) is 0. The van der Waals surface area contributed by atoms with Crippen molar-refractivity contribution in [2.24, 2.45) is 23.0 Å². The third kappa shape index (κ3) is 2.60. The largest absolute Gasteiger partial charge is 0.381 e. The minimum Gasteiger partial charge on any atom is -0.381 e. The molecule has 2 aliphatic rings. The lowest BCUT2D eigenvalue weighted by molar-refractivity contribution is 0.0103. The standard InChI is InChI=1S/C14H27NO/c1-14(2)8-4-3-7-12(14)13(15)11-6-5-9-16-10-11/h11-13H,3-10,15H2,1-2H3. The summed E-state index contributed by atoms with van der Waals surface area (Å²) >= 11 is 0. The van der Waals surface area contributed by atoms with Crippen LogP contribution in [0.3, 0.4) is 0 Å². The summed E-state index contributed by atoms with van der Waals surface area (Å²) in [6, 6.07) is 0.357. The third-order valence-corrected chi connectivity index (χ3v) is 4.79. The molecular formula is C14H27NO. The molecule has 2 rings (SSSR count). The predicted octanol–water partition coefficient (Wildman–Crippen LogP) is 2.96. The second kappa shape index (κ2) is 5.05. The van der Waals surface area contributed by atoms with Crippen LogP contribution in [0.5, 0.6) is 0 Å². The monoisotopic (exact) mass is 225 g/mol. The van der Waals surface area contributed by atoms with Gasteiger partial charge in [-0.25, -0.2) is 0 Å². The van der Waals surface area contributed by atoms with E-state index in [1.165, 1.54) is 38.5 Å². The van der Waals surface area contributed by atoms with Gasteiger partial charge in [0.25, 0.3) is 0 Å². The first-order valence-corrected chi connectivity index (χ1v) is 6.94. The van der Waals surface area contributed by atoms with Gasteiger partial charge in [-0.15, -0.1) is 0 Å². The molecule has 0 amide bonds. The van der Waals surface area contributed by atoms with Crippen molar-refractivity contribution in [2.75, 3.05) is 13.2 Å². The van der Waals surface area contributed by atoms with Crippen LogP contribution in [0.15, 0.2) is 0 Å². The molecule has 1 saturated carbocycles. The Hall–Kier alpha value is -0.0800. The van der Waals surface area contributed by atoms with E-state index < -0.39 is 0 Å². The fraction of sp³-hybridized carbons (Fsp3) is 1.00. The first-order valence-electron chi connectivity index (χ1n) is 6.94. The summed E-state index contributed by atoms with van der Waals surface area (Å²) in [5.74, 6) is 1.31. The van der Waals surface area contributed by atoms with Crippen molar-refractivity contribution in [2.45, 2.75) is 58.4 Å². The van der Waals surface area contributed by atoms with Crippen molar-refractivity contribution >= 4 is 0 Å². The smallest absolute Gasteiger partial charge is 0.0509 e. The molecule has 1 heterocycles. The lowest BCUT2D eigenvalue weighted by atomic mass is 9.63. The minimum atomic E-state index is 0.357. The molecule has 2 nitrogen and oxygen atoms in total. The van der Waals surface area contributed by atoms with Crippen molar-refractivity contribution in [1.29, 1.82) is 0 Å². The van der Waals surface area contributed by atoms with E-state index in [1.54, 1.807) is 0 Å². The first-order chi connectivity index (χ1) is 7.61. The van der Waals surface area contributed by atoms with E-state index in [0.29, 0.717) is 23.3 Å². The van der Waals surface area contributed by atoms with Gasteiger partial charge in [0.05, 0.1) is 6.61 Å². The second-order valence-electron chi connectivity index (χ2n) is 6.40. The van der Waals surface area contributed by atoms with Crippen LogP contribution in [0.2, 0.25) is 0 Å². The highest BCUT2D eigenvalue weighted by atomic mass is 16.5. The van der Waals surface area contributed by atoms with Crippen LogP contribution in [0.4, 0.5) is 0 Å². The predicted molar refractivity (Wildman–Crippen MR) is 67.3 cm³/mol. The number of ether oxygens (including phenoxy) is 1. The van der Waals surface area contributed by atoms with E-state index in [0.717, 1.165) is 13.2 Å². The summed E-state index contributed by atoms with van der Waals surface area (Å²) < 4.78 is 5.58. The van der Waals surface area contributed by atoms with Gasteiger partial charge in [0, 0.05) is 12.6 Å². The van der Waals surface area contributed by atoms with Crippen molar-refractivity contribution < 1.29 is 4.74 Å². The van der Waals surface area contributed by atoms with Crippen molar-refractivity contribution in [3.8, 4) is 0 Å². The van der Waals surface area contributed by atoms with Gasteiger partial charge in [0.15, 0.2) is 0 Å². The van der Waals surface area contributed by atoms with Crippen LogP contribution < -0.4 is 5.73 Å². The molecule has 2 N–H and O–H groups in total. The lowest BCUT2D eigenvalue weighted by Crippen LogP contribution is -2.48. The van der Waals surface area contributed by atoms with Crippen molar-refractivity contribution in [3.63, 3.8) is 0 Å². The maximum atomic E-state index is 6.52. The summed E-state index contributed by atoms with van der Waals surface area (Å²) in [5, 5.41) is 0. The average molecular weight is 225 g/mol. The van der Waals surface area contributed by atoms with Crippen LogP contribution in [-0.4, -0.2) is 19.3 Å². The van der Waals surface area contributed by atoms with Crippen LogP contribution in [-0.2, 0) is 4.74 Å². The number of nitrogens with two attached hydrogens (primary N) is 1. The average Bonchev–Trinajstić information content (AvgIpc) is 2.29. The van der Waals surface area contributed by atoms with Gasteiger partial charge in [-0.1, -0.05) is 26.7 Å². The van der Waals surface area contributed by atoms with Gasteiger partial charge in [-0.3, -0.25) is 0 Å². The number of rotatable bonds is 2. The normalized spacial score (nSPS) is 36.9. The number of hydrogen-bond donors (Lipinski definition) is 1. The Kier molecular flexibility index (Phi) is 3.91. The molecule has 0 bridgehead atoms. The zero-order valence-electron chi connectivity index (χ0n) is 10.9.